The number of hydrogen-bond donors (Lipinski definition) is 1. The molecule has 0 spiro atoms. The number of amides is 1. The summed E-state index contributed by atoms with van der Waals surface area (Å²) in [6, 6.07) is 5.55. The summed E-state index contributed by atoms with van der Waals surface area (Å²) in [7, 11) is 0. The van der Waals surface area contributed by atoms with Gasteiger partial charge in [0.1, 0.15) is 0 Å². The molecule has 0 radical (unpaired) electrons. The maximum Gasteiger partial charge on any atom is 0.307 e. The highest BCUT2D eigenvalue weighted by atomic mass is 32.2. The van der Waals surface area contributed by atoms with Gasteiger partial charge in [-0.1, -0.05) is 13.0 Å². The second kappa shape index (κ2) is 9.04. The molecule has 0 fully saturated rings. The lowest BCUT2D eigenvalue weighted by Crippen LogP contribution is -2.30. The van der Waals surface area contributed by atoms with E-state index in [-0.39, 0.29) is 17.8 Å². The van der Waals surface area contributed by atoms with Crippen LogP contribution in [0.2, 0.25) is 0 Å². The Morgan fingerprint density at radius 3 is 2.82 bits per heavy atom. The Bertz CT molecular complexity index is 550. The van der Waals surface area contributed by atoms with Gasteiger partial charge >= 0.3 is 5.97 Å². The Kier molecular flexibility index (Phi) is 7.38. The number of anilines is 1. The van der Waals surface area contributed by atoms with Crippen LogP contribution in [0.4, 0.5) is 11.4 Å². The second-order valence-corrected chi connectivity index (χ2v) is 5.77. The van der Waals surface area contributed by atoms with Crippen LogP contribution in [-0.2, 0) is 14.3 Å². The first-order valence-corrected chi connectivity index (χ1v) is 7.92. The van der Waals surface area contributed by atoms with E-state index in [0.717, 1.165) is 5.75 Å². The number of nitro groups is 1. The van der Waals surface area contributed by atoms with Crippen molar-refractivity contribution in [2.24, 2.45) is 0 Å². The molecule has 0 heterocycles. The summed E-state index contributed by atoms with van der Waals surface area (Å²) < 4.78 is 5.01. The van der Waals surface area contributed by atoms with Crippen molar-refractivity contribution in [2.45, 2.75) is 26.4 Å². The topological polar surface area (TPSA) is 98.5 Å². The van der Waals surface area contributed by atoms with Gasteiger partial charge in [0.2, 0.25) is 0 Å². The van der Waals surface area contributed by atoms with E-state index in [4.69, 9.17) is 4.74 Å². The van der Waals surface area contributed by atoms with Crippen molar-refractivity contribution < 1.29 is 19.2 Å². The zero-order valence-electron chi connectivity index (χ0n) is 12.4. The predicted octanol–water partition coefficient (Wildman–Crippen LogP) is 2.61. The summed E-state index contributed by atoms with van der Waals surface area (Å²) in [5.74, 6) is 0.588. The predicted molar refractivity (Wildman–Crippen MR) is 84.9 cm³/mol. The maximum absolute atomic E-state index is 11.9. The Balaban J connectivity index is 2.52. The molecule has 0 aliphatic heterocycles. The lowest BCUT2D eigenvalue weighted by atomic mass is 10.2. The fourth-order valence-electron chi connectivity index (χ4n) is 1.55. The number of nitrogens with one attached hydrogen (secondary N) is 1. The number of rotatable bonds is 8. The normalized spacial score (nSPS) is 11.5. The lowest BCUT2D eigenvalue weighted by molar-refractivity contribution is -0.384. The van der Waals surface area contributed by atoms with E-state index in [9.17, 15) is 19.7 Å². The molecule has 0 bridgehead atoms. The third-order valence-electron chi connectivity index (χ3n) is 2.66. The number of non-ortho nitro benzene ring substituents is 1. The summed E-state index contributed by atoms with van der Waals surface area (Å²) in [6.07, 6.45) is -0.717. The standard InChI is InChI=1S/C14H18N2O5S/c1-3-22-8-7-13(17)21-10(2)14(18)15-11-5-4-6-12(9-11)16(19)20/h4-6,9-10H,3,7-8H2,1-2H3,(H,15,18). The number of hydrogen-bond acceptors (Lipinski definition) is 6. The monoisotopic (exact) mass is 326 g/mol. The van der Waals surface area contributed by atoms with Crippen LogP contribution < -0.4 is 5.32 Å². The zero-order valence-corrected chi connectivity index (χ0v) is 13.2. The molecule has 1 rings (SSSR count). The molecule has 1 aromatic carbocycles. The molecule has 1 atom stereocenters. The number of thioether (sulfide) groups is 1. The molecule has 0 aliphatic carbocycles. The van der Waals surface area contributed by atoms with Gasteiger partial charge in [-0.25, -0.2) is 0 Å². The highest BCUT2D eigenvalue weighted by Crippen LogP contribution is 2.17. The third-order valence-corrected chi connectivity index (χ3v) is 3.56. The molecule has 1 unspecified atom stereocenters. The summed E-state index contributed by atoms with van der Waals surface area (Å²) in [5.41, 5.74) is 0.155. The van der Waals surface area contributed by atoms with Gasteiger partial charge in [0.25, 0.3) is 11.6 Å². The van der Waals surface area contributed by atoms with Crippen molar-refractivity contribution >= 4 is 35.0 Å². The van der Waals surface area contributed by atoms with Gasteiger partial charge in [0.15, 0.2) is 6.10 Å². The molecule has 120 valence electrons. The van der Waals surface area contributed by atoms with Gasteiger partial charge in [-0.3, -0.25) is 19.7 Å². The number of carbonyl (C=O) groups excluding carboxylic acids is 2. The molecule has 7 nitrogen and oxygen atoms in total. The van der Waals surface area contributed by atoms with Gasteiger partial charge < -0.3 is 10.1 Å². The molecule has 0 aromatic heterocycles. The molecule has 1 amide bonds. The average molecular weight is 326 g/mol. The van der Waals surface area contributed by atoms with Gasteiger partial charge in [-0.2, -0.15) is 11.8 Å². The van der Waals surface area contributed by atoms with E-state index in [1.165, 1.54) is 31.2 Å². The van der Waals surface area contributed by atoms with Crippen LogP contribution in [0.3, 0.4) is 0 Å². The molecule has 0 saturated carbocycles. The van der Waals surface area contributed by atoms with Crippen LogP contribution in [0.5, 0.6) is 0 Å². The van der Waals surface area contributed by atoms with E-state index in [0.29, 0.717) is 5.75 Å². The van der Waals surface area contributed by atoms with Crippen LogP contribution in [0.25, 0.3) is 0 Å². The fourth-order valence-corrected chi connectivity index (χ4v) is 2.15. The second-order valence-electron chi connectivity index (χ2n) is 4.38. The number of benzene rings is 1. The summed E-state index contributed by atoms with van der Waals surface area (Å²) in [6.45, 7) is 3.45. The van der Waals surface area contributed by atoms with E-state index >= 15 is 0 Å². The Morgan fingerprint density at radius 2 is 2.18 bits per heavy atom. The lowest BCUT2D eigenvalue weighted by Gasteiger charge is -2.13. The summed E-state index contributed by atoms with van der Waals surface area (Å²) in [4.78, 5) is 33.5. The van der Waals surface area contributed by atoms with E-state index < -0.39 is 22.9 Å². The molecule has 22 heavy (non-hydrogen) atoms. The molecule has 0 aliphatic rings. The van der Waals surface area contributed by atoms with Crippen LogP contribution >= 0.6 is 11.8 Å². The number of ether oxygens (including phenoxy) is 1. The van der Waals surface area contributed by atoms with Crippen molar-refractivity contribution in [3.63, 3.8) is 0 Å². The Morgan fingerprint density at radius 1 is 1.45 bits per heavy atom. The molecule has 0 saturated heterocycles. The first kappa shape index (κ1) is 18.0. The largest absolute Gasteiger partial charge is 0.453 e. The third kappa shape index (κ3) is 6.13. The van der Waals surface area contributed by atoms with Crippen LogP contribution in [0, 0.1) is 10.1 Å². The first-order valence-electron chi connectivity index (χ1n) is 6.76. The zero-order chi connectivity index (χ0) is 16.5. The van der Waals surface area contributed by atoms with E-state index in [2.05, 4.69) is 5.32 Å². The summed E-state index contributed by atoms with van der Waals surface area (Å²) in [5, 5.41) is 13.1. The van der Waals surface area contributed by atoms with Gasteiger partial charge in [-0.15, -0.1) is 0 Å². The highest BCUT2D eigenvalue weighted by Gasteiger charge is 2.18. The van der Waals surface area contributed by atoms with Crippen molar-refractivity contribution in [3.05, 3.63) is 34.4 Å². The van der Waals surface area contributed by atoms with E-state index in [1.807, 2.05) is 6.92 Å². The number of nitro benzene ring substituents is 1. The molecule has 8 heteroatoms. The quantitative estimate of drug-likeness (QED) is 0.341. The minimum Gasteiger partial charge on any atom is -0.453 e. The van der Waals surface area contributed by atoms with Crippen LogP contribution in [0.1, 0.15) is 20.3 Å². The minimum atomic E-state index is -0.960. The minimum absolute atomic E-state index is 0.126. The van der Waals surface area contributed by atoms with Gasteiger partial charge in [0.05, 0.1) is 11.3 Å². The Labute approximate surface area is 132 Å². The van der Waals surface area contributed by atoms with Crippen LogP contribution in [-0.4, -0.2) is 34.4 Å². The summed E-state index contributed by atoms with van der Waals surface area (Å²) >= 11 is 1.61. The smallest absolute Gasteiger partial charge is 0.307 e. The molecule has 1 aromatic rings. The fraction of sp³-hybridized carbons (Fsp3) is 0.429. The SMILES string of the molecule is CCSCCC(=O)OC(C)C(=O)Nc1cccc([N+](=O)[O-])c1. The van der Waals surface area contributed by atoms with Crippen molar-refractivity contribution in [2.75, 3.05) is 16.8 Å². The molecule has 1 N–H and O–H groups in total. The van der Waals surface area contributed by atoms with Crippen molar-refractivity contribution in [1.82, 2.24) is 0 Å². The molecular weight excluding hydrogens is 308 g/mol. The van der Waals surface area contributed by atoms with Crippen molar-refractivity contribution in [3.8, 4) is 0 Å². The average Bonchev–Trinajstić information content (AvgIpc) is 2.47. The van der Waals surface area contributed by atoms with Gasteiger partial charge in [-0.05, 0) is 18.7 Å². The van der Waals surface area contributed by atoms with E-state index in [1.54, 1.807) is 11.8 Å². The Hall–Kier alpha value is -2.09. The number of nitrogens with zero attached hydrogens (tertiary/aromatic N) is 1. The highest BCUT2D eigenvalue weighted by molar-refractivity contribution is 7.99. The first-order chi connectivity index (χ1) is 10.4. The maximum atomic E-state index is 11.9. The number of esters is 1. The number of carbonyl (C=O) groups is 2. The molecular formula is C14H18N2O5S. The van der Waals surface area contributed by atoms with Crippen molar-refractivity contribution in [1.29, 1.82) is 0 Å². The van der Waals surface area contributed by atoms with Gasteiger partial charge in [0, 0.05) is 23.6 Å². The van der Waals surface area contributed by atoms with Crippen LogP contribution in [0.15, 0.2) is 24.3 Å².